The number of amides is 2. The lowest BCUT2D eigenvalue weighted by Gasteiger charge is -2.31. The van der Waals surface area contributed by atoms with Gasteiger partial charge in [0.15, 0.2) is 0 Å². The van der Waals surface area contributed by atoms with E-state index in [1.807, 2.05) is 65.6 Å². The number of methoxy groups -OCH3 is 1. The topological polar surface area (TPSA) is 59.1 Å². The van der Waals surface area contributed by atoms with Crippen LogP contribution in [0.25, 0.3) is 0 Å². The predicted molar refractivity (Wildman–Crippen MR) is 133 cm³/mol. The first-order valence-corrected chi connectivity index (χ1v) is 12.1. The summed E-state index contributed by atoms with van der Waals surface area (Å²) in [6.07, 6.45) is -0.372. The number of halogens is 1. The first kappa shape index (κ1) is 24.0. The first-order chi connectivity index (χ1) is 17.5. The van der Waals surface area contributed by atoms with E-state index < -0.39 is 29.6 Å². The van der Waals surface area contributed by atoms with Gasteiger partial charge in [-0.1, -0.05) is 72.8 Å². The lowest BCUT2D eigenvalue weighted by atomic mass is 9.85. The molecule has 0 unspecified atom stereocenters. The highest BCUT2D eigenvalue weighted by Gasteiger charge is 2.58. The van der Waals surface area contributed by atoms with E-state index in [1.165, 1.54) is 0 Å². The fourth-order valence-electron chi connectivity index (χ4n) is 5.23. The summed E-state index contributed by atoms with van der Waals surface area (Å²) >= 11 is 0. The summed E-state index contributed by atoms with van der Waals surface area (Å²) in [6, 6.07) is 25.9. The summed E-state index contributed by atoms with van der Waals surface area (Å²) in [7, 11) is 1.57. The molecule has 36 heavy (non-hydrogen) atoms. The molecule has 3 atom stereocenters. The van der Waals surface area contributed by atoms with E-state index in [0.717, 1.165) is 16.0 Å². The minimum absolute atomic E-state index is 0.0521. The monoisotopic (exact) mass is 488 g/mol. The minimum Gasteiger partial charge on any atom is -0.497 e. The maximum absolute atomic E-state index is 17.1. The average molecular weight is 489 g/mol. The van der Waals surface area contributed by atoms with Gasteiger partial charge in [-0.3, -0.25) is 9.69 Å². The number of likely N-dealkylation sites (tertiary alicyclic amines) is 1. The molecule has 2 fully saturated rings. The predicted octanol–water partition coefficient (Wildman–Crippen LogP) is 4.59. The zero-order valence-electron chi connectivity index (χ0n) is 20.2. The van der Waals surface area contributed by atoms with E-state index >= 15 is 4.39 Å². The molecule has 0 aliphatic carbocycles. The molecule has 2 heterocycles. The van der Waals surface area contributed by atoms with E-state index in [9.17, 15) is 9.59 Å². The Hall–Kier alpha value is -3.71. The molecule has 0 aromatic heterocycles. The second kappa shape index (κ2) is 10.1. The van der Waals surface area contributed by atoms with Crippen molar-refractivity contribution in [2.45, 2.75) is 30.6 Å². The van der Waals surface area contributed by atoms with Crippen LogP contribution in [0.2, 0.25) is 0 Å². The van der Waals surface area contributed by atoms with Crippen LogP contribution in [0.15, 0.2) is 84.9 Å². The summed E-state index contributed by atoms with van der Waals surface area (Å²) < 4.78 is 27.6. The van der Waals surface area contributed by atoms with Crippen LogP contribution in [-0.2, 0) is 22.5 Å². The minimum atomic E-state index is -2.29. The van der Waals surface area contributed by atoms with Crippen LogP contribution in [0.3, 0.4) is 0 Å². The molecule has 2 saturated heterocycles. The number of carbonyl (C=O) groups excluding carboxylic acids is 2. The van der Waals surface area contributed by atoms with Gasteiger partial charge in [-0.05, 0) is 35.2 Å². The smallest absolute Gasteiger partial charge is 0.417 e. The highest BCUT2D eigenvalue weighted by Crippen LogP contribution is 2.42. The van der Waals surface area contributed by atoms with Crippen LogP contribution in [0.1, 0.15) is 22.6 Å². The molecule has 3 aromatic rings. The third-order valence-corrected chi connectivity index (χ3v) is 7.06. The third kappa shape index (κ3) is 4.71. The average Bonchev–Trinajstić information content (AvgIpc) is 3.44. The van der Waals surface area contributed by atoms with Gasteiger partial charge in [0, 0.05) is 25.6 Å². The van der Waals surface area contributed by atoms with Gasteiger partial charge in [-0.2, -0.15) is 0 Å². The quantitative estimate of drug-likeness (QED) is 0.487. The number of cyclic esters (lactones) is 1. The maximum atomic E-state index is 17.1. The molecule has 2 aliphatic heterocycles. The number of rotatable bonds is 7. The Labute approximate surface area is 210 Å². The summed E-state index contributed by atoms with van der Waals surface area (Å²) in [5, 5.41) is 0. The number of ether oxygens (including phenoxy) is 2. The van der Waals surface area contributed by atoms with Crippen molar-refractivity contribution >= 4 is 12.0 Å². The highest BCUT2D eigenvalue weighted by atomic mass is 19.1. The number of benzene rings is 3. The fraction of sp³-hybridized carbons (Fsp3) is 0.310. The molecule has 0 bridgehead atoms. The van der Waals surface area contributed by atoms with Gasteiger partial charge in [-0.15, -0.1) is 0 Å². The number of carbonyl (C=O) groups is 2. The van der Waals surface area contributed by atoms with E-state index in [0.29, 0.717) is 30.8 Å². The Kier molecular flexibility index (Phi) is 6.74. The molecule has 0 radical (unpaired) electrons. The standard InChI is InChI=1S/C29H29FN2O4/c1-35-25-14-12-23(13-15-25)26-18-31(17-22-10-6-3-7-11-22)20-29(26,30)27(33)32-24(19-36-28(32)34)16-21-8-4-2-5-9-21/h2-15,24,26H,16-20H2,1H3/t24-,26+,29+/m1/s1. The highest BCUT2D eigenvalue weighted by molar-refractivity contribution is 5.99. The second-order valence-electron chi connectivity index (χ2n) is 9.44. The Balaban J connectivity index is 1.45. The number of nitrogens with zero attached hydrogens (tertiary/aromatic N) is 2. The molecule has 2 amide bonds. The summed E-state index contributed by atoms with van der Waals surface area (Å²) in [5.74, 6) is -0.924. The second-order valence-corrected chi connectivity index (χ2v) is 9.44. The van der Waals surface area contributed by atoms with Crippen LogP contribution in [-0.4, -0.2) is 60.3 Å². The van der Waals surface area contributed by atoms with Crippen LogP contribution >= 0.6 is 0 Å². The van der Waals surface area contributed by atoms with Gasteiger partial charge >= 0.3 is 6.09 Å². The molecule has 0 saturated carbocycles. The van der Waals surface area contributed by atoms with Crippen molar-refractivity contribution in [1.82, 2.24) is 9.80 Å². The van der Waals surface area contributed by atoms with Gasteiger partial charge in [0.1, 0.15) is 12.4 Å². The van der Waals surface area contributed by atoms with Gasteiger partial charge < -0.3 is 9.47 Å². The Morgan fingerprint density at radius 3 is 2.28 bits per heavy atom. The van der Waals surface area contributed by atoms with Gasteiger partial charge in [0.2, 0.25) is 5.67 Å². The van der Waals surface area contributed by atoms with Crippen molar-refractivity contribution in [3.8, 4) is 5.75 Å². The van der Waals surface area contributed by atoms with Crippen LogP contribution in [0.5, 0.6) is 5.75 Å². The van der Waals surface area contributed by atoms with Crippen LogP contribution in [0.4, 0.5) is 9.18 Å². The normalized spacial score (nSPS) is 24.1. The van der Waals surface area contributed by atoms with Crippen molar-refractivity contribution in [3.63, 3.8) is 0 Å². The van der Waals surface area contributed by atoms with Gasteiger partial charge in [0.05, 0.1) is 13.2 Å². The SMILES string of the molecule is COc1ccc([C@@H]2CN(Cc3ccccc3)C[C@@]2(F)C(=O)N2C(=O)OC[C@H]2Cc2ccccc2)cc1. The Morgan fingerprint density at radius 2 is 1.64 bits per heavy atom. The van der Waals surface area contributed by atoms with Crippen molar-refractivity contribution < 1.29 is 23.5 Å². The molecule has 0 spiro atoms. The molecular formula is C29H29FN2O4. The third-order valence-electron chi connectivity index (χ3n) is 7.06. The molecule has 0 N–H and O–H groups in total. The summed E-state index contributed by atoms with van der Waals surface area (Å²) in [5.41, 5.74) is 0.386. The molecule has 2 aliphatic rings. The molecule has 7 heteroatoms. The maximum Gasteiger partial charge on any atom is 0.417 e. The van der Waals surface area contributed by atoms with Gasteiger partial charge in [0.25, 0.3) is 5.91 Å². The summed E-state index contributed by atoms with van der Waals surface area (Å²) in [6.45, 7) is 0.787. The lowest BCUT2D eigenvalue weighted by molar-refractivity contribution is -0.142. The van der Waals surface area contributed by atoms with Gasteiger partial charge in [-0.25, -0.2) is 14.1 Å². The van der Waals surface area contributed by atoms with Crippen molar-refractivity contribution in [2.75, 3.05) is 26.8 Å². The van der Waals surface area contributed by atoms with E-state index in [4.69, 9.17) is 9.47 Å². The molecule has 5 rings (SSSR count). The van der Waals surface area contributed by atoms with Crippen LogP contribution < -0.4 is 4.74 Å². The van der Waals surface area contributed by atoms with E-state index in [2.05, 4.69) is 0 Å². The number of imide groups is 1. The summed E-state index contributed by atoms with van der Waals surface area (Å²) in [4.78, 5) is 29.5. The number of hydrogen-bond acceptors (Lipinski definition) is 5. The van der Waals surface area contributed by atoms with Crippen molar-refractivity contribution in [3.05, 3.63) is 102 Å². The number of hydrogen-bond donors (Lipinski definition) is 0. The fourth-order valence-corrected chi connectivity index (χ4v) is 5.23. The van der Waals surface area contributed by atoms with Crippen LogP contribution in [0, 0.1) is 0 Å². The van der Waals surface area contributed by atoms with Crippen molar-refractivity contribution in [1.29, 1.82) is 0 Å². The number of alkyl halides is 1. The molecule has 3 aromatic carbocycles. The molecule has 6 nitrogen and oxygen atoms in total. The largest absolute Gasteiger partial charge is 0.497 e. The van der Waals surface area contributed by atoms with E-state index in [1.54, 1.807) is 31.4 Å². The first-order valence-electron chi connectivity index (χ1n) is 12.1. The lowest BCUT2D eigenvalue weighted by Crippen LogP contribution is -2.53. The Morgan fingerprint density at radius 1 is 1.00 bits per heavy atom. The van der Waals surface area contributed by atoms with E-state index in [-0.39, 0.29) is 13.2 Å². The molecule has 186 valence electrons. The zero-order valence-corrected chi connectivity index (χ0v) is 20.2. The zero-order chi connectivity index (χ0) is 25.1. The Bertz CT molecular complexity index is 1200. The van der Waals surface area contributed by atoms with Crippen molar-refractivity contribution in [2.24, 2.45) is 0 Å². The molecular weight excluding hydrogens is 459 g/mol.